The van der Waals surface area contributed by atoms with Gasteiger partial charge in [0.05, 0.1) is 9.95 Å². The summed E-state index contributed by atoms with van der Waals surface area (Å²) in [6.07, 6.45) is 0.583. The van der Waals surface area contributed by atoms with Gasteiger partial charge in [-0.2, -0.15) is 0 Å². The zero-order chi connectivity index (χ0) is 15.4. The maximum atomic E-state index is 13.8. The molecule has 2 aromatic rings. The van der Waals surface area contributed by atoms with Crippen LogP contribution in [0.25, 0.3) is 0 Å². The molecule has 21 heavy (non-hydrogen) atoms. The van der Waals surface area contributed by atoms with E-state index in [1.807, 2.05) is 6.92 Å². The van der Waals surface area contributed by atoms with Crippen molar-refractivity contribution >= 4 is 23.0 Å². The first-order chi connectivity index (χ1) is 10.0. The average molecular weight is 309 g/mol. The molecular weight excluding hydrogens is 295 g/mol. The molecule has 0 saturated carbocycles. The Hall–Kier alpha value is -2.14. The van der Waals surface area contributed by atoms with Gasteiger partial charge in [0.15, 0.2) is 0 Å². The fourth-order valence-corrected chi connectivity index (χ4v) is 2.22. The minimum atomic E-state index is -0.480. The summed E-state index contributed by atoms with van der Waals surface area (Å²) in [4.78, 5) is 10.6. The number of hydrogen-bond donors (Lipinski definition) is 1. The second-order valence-electron chi connectivity index (χ2n) is 4.52. The van der Waals surface area contributed by atoms with E-state index in [1.165, 1.54) is 12.1 Å². The molecule has 0 aliphatic heterocycles. The molecule has 2 aromatic carbocycles. The normalized spacial score (nSPS) is 10.4. The van der Waals surface area contributed by atoms with Crippen LogP contribution in [0.5, 0.6) is 0 Å². The molecule has 0 heterocycles. The second kappa shape index (κ2) is 6.54. The van der Waals surface area contributed by atoms with E-state index in [2.05, 4.69) is 5.32 Å². The van der Waals surface area contributed by atoms with E-state index in [-0.39, 0.29) is 17.3 Å². The van der Waals surface area contributed by atoms with Crippen molar-refractivity contribution in [2.24, 2.45) is 0 Å². The van der Waals surface area contributed by atoms with E-state index < -0.39 is 10.7 Å². The standard InChI is InChI=1S/C15H14ClFN2O2/c1-2-10-6-7-12(8-14(10)19(20)21)18-9-11-4-3-5-13(16)15(11)17/h3-8,18H,2,9H2,1H3. The van der Waals surface area contributed by atoms with Crippen molar-refractivity contribution < 1.29 is 9.31 Å². The molecule has 4 nitrogen and oxygen atoms in total. The zero-order valence-electron chi connectivity index (χ0n) is 11.4. The van der Waals surface area contributed by atoms with Crippen molar-refractivity contribution in [1.29, 1.82) is 0 Å². The van der Waals surface area contributed by atoms with Gasteiger partial charge in [-0.15, -0.1) is 0 Å². The van der Waals surface area contributed by atoms with Crippen molar-refractivity contribution in [2.75, 3.05) is 5.32 Å². The highest BCUT2D eigenvalue weighted by Gasteiger charge is 2.13. The van der Waals surface area contributed by atoms with Crippen molar-refractivity contribution in [3.63, 3.8) is 0 Å². The summed E-state index contributed by atoms with van der Waals surface area (Å²) in [7, 11) is 0. The third-order valence-electron chi connectivity index (χ3n) is 3.18. The maximum absolute atomic E-state index is 13.8. The number of anilines is 1. The van der Waals surface area contributed by atoms with Crippen LogP contribution in [0.3, 0.4) is 0 Å². The Bertz CT molecular complexity index is 677. The predicted octanol–water partition coefficient (Wildman–Crippen LogP) is 4.56. The van der Waals surface area contributed by atoms with E-state index in [9.17, 15) is 14.5 Å². The van der Waals surface area contributed by atoms with Crippen LogP contribution in [0.2, 0.25) is 5.02 Å². The number of nitro benzene ring substituents is 1. The van der Waals surface area contributed by atoms with Crippen LogP contribution in [-0.4, -0.2) is 4.92 Å². The summed E-state index contributed by atoms with van der Waals surface area (Å²) >= 11 is 5.71. The van der Waals surface area contributed by atoms with Gasteiger partial charge >= 0.3 is 0 Å². The fraction of sp³-hybridized carbons (Fsp3) is 0.200. The highest BCUT2D eigenvalue weighted by molar-refractivity contribution is 6.30. The van der Waals surface area contributed by atoms with Crippen LogP contribution in [0.1, 0.15) is 18.1 Å². The van der Waals surface area contributed by atoms with E-state index in [0.717, 1.165) is 0 Å². The van der Waals surface area contributed by atoms with E-state index in [4.69, 9.17) is 11.6 Å². The Kier molecular flexibility index (Phi) is 4.75. The Balaban J connectivity index is 2.19. The van der Waals surface area contributed by atoms with Gasteiger partial charge in [0.2, 0.25) is 0 Å². The molecular formula is C15H14ClFN2O2. The predicted molar refractivity (Wildman–Crippen MR) is 81.2 cm³/mol. The Morgan fingerprint density at radius 3 is 2.71 bits per heavy atom. The number of halogens is 2. The average Bonchev–Trinajstić information content (AvgIpc) is 2.48. The Morgan fingerprint density at radius 1 is 1.29 bits per heavy atom. The summed E-state index contributed by atoms with van der Waals surface area (Å²) in [6, 6.07) is 9.65. The van der Waals surface area contributed by atoms with Crippen LogP contribution < -0.4 is 5.32 Å². The minimum absolute atomic E-state index is 0.0570. The van der Waals surface area contributed by atoms with Crippen molar-refractivity contribution in [3.8, 4) is 0 Å². The molecule has 0 aliphatic rings. The maximum Gasteiger partial charge on any atom is 0.274 e. The van der Waals surface area contributed by atoms with Crippen LogP contribution in [0.15, 0.2) is 36.4 Å². The number of hydrogen-bond acceptors (Lipinski definition) is 3. The molecule has 0 aromatic heterocycles. The van der Waals surface area contributed by atoms with Crippen LogP contribution in [0, 0.1) is 15.9 Å². The lowest BCUT2D eigenvalue weighted by molar-refractivity contribution is -0.385. The fourth-order valence-electron chi connectivity index (χ4n) is 2.03. The minimum Gasteiger partial charge on any atom is -0.381 e. The van der Waals surface area contributed by atoms with Gasteiger partial charge < -0.3 is 5.32 Å². The van der Waals surface area contributed by atoms with Gasteiger partial charge in [-0.25, -0.2) is 4.39 Å². The number of rotatable bonds is 5. The largest absolute Gasteiger partial charge is 0.381 e. The van der Waals surface area contributed by atoms with Crippen molar-refractivity contribution in [3.05, 3.63) is 68.5 Å². The first-order valence-corrected chi connectivity index (χ1v) is 6.84. The first-order valence-electron chi connectivity index (χ1n) is 6.47. The summed E-state index contributed by atoms with van der Waals surface area (Å²) in [5.74, 6) is -0.480. The highest BCUT2D eigenvalue weighted by atomic mass is 35.5. The molecule has 1 N–H and O–H groups in total. The molecule has 0 fully saturated rings. The number of benzene rings is 2. The Morgan fingerprint density at radius 2 is 2.05 bits per heavy atom. The van der Waals surface area contributed by atoms with Crippen LogP contribution in [-0.2, 0) is 13.0 Å². The quantitative estimate of drug-likeness (QED) is 0.650. The first kappa shape index (κ1) is 15.3. The third kappa shape index (κ3) is 3.49. The summed E-state index contributed by atoms with van der Waals surface area (Å²) < 4.78 is 13.8. The van der Waals surface area contributed by atoms with Gasteiger partial charge in [-0.05, 0) is 18.6 Å². The van der Waals surface area contributed by atoms with E-state index in [0.29, 0.717) is 23.2 Å². The molecule has 0 atom stereocenters. The van der Waals surface area contributed by atoms with Crippen LogP contribution in [0.4, 0.5) is 15.8 Å². The summed E-state index contributed by atoms with van der Waals surface area (Å²) in [5, 5.41) is 14.0. The van der Waals surface area contributed by atoms with E-state index in [1.54, 1.807) is 24.3 Å². The highest BCUT2D eigenvalue weighted by Crippen LogP contribution is 2.25. The number of nitro groups is 1. The van der Waals surface area contributed by atoms with Gasteiger partial charge in [0.25, 0.3) is 5.69 Å². The lowest BCUT2D eigenvalue weighted by Gasteiger charge is -2.09. The van der Waals surface area contributed by atoms with Gasteiger partial charge in [0.1, 0.15) is 5.82 Å². The molecule has 0 unspecified atom stereocenters. The molecule has 110 valence electrons. The topological polar surface area (TPSA) is 55.2 Å². The third-order valence-corrected chi connectivity index (χ3v) is 3.47. The molecule has 0 radical (unpaired) electrons. The van der Waals surface area contributed by atoms with Crippen LogP contribution >= 0.6 is 11.6 Å². The molecule has 0 bridgehead atoms. The number of nitrogens with zero attached hydrogens (tertiary/aromatic N) is 1. The molecule has 2 rings (SSSR count). The van der Waals surface area contributed by atoms with Crippen molar-refractivity contribution in [2.45, 2.75) is 19.9 Å². The van der Waals surface area contributed by atoms with Crippen molar-refractivity contribution in [1.82, 2.24) is 0 Å². The SMILES string of the molecule is CCc1ccc(NCc2cccc(Cl)c2F)cc1[N+](=O)[O-]. The summed E-state index contributed by atoms with van der Waals surface area (Å²) in [5.41, 5.74) is 1.71. The smallest absolute Gasteiger partial charge is 0.274 e. The number of aryl methyl sites for hydroxylation is 1. The molecule has 0 saturated heterocycles. The summed E-state index contributed by atoms with van der Waals surface area (Å²) in [6.45, 7) is 2.06. The Labute approximate surface area is 126 Å². The molecule has 0 amide bonds. The number of nitrogens with one attached hydrogen (secondary N) is 1. The lowest BCUT2D eigenvalue weighted by Crippen LogP contribution is -2.03. The van der Waals surface area contributed by atoms with Gasteiger partial charge in [-0.1, -0.05) is 36.7 Å². The second-order valence-corrected chi connectivity index (χ2v) is 4.93. The lowest BCUT2D eigenvalue weighted by atomic mass is 10.1. The molecule has 0 spiro atoms. The zero-order valence-corrected chi connectivity index (χ0v) is 12.2. The van der Waals surface area contributed by atoms with Gasteiger partial charge in [-0.3, -0.25) is 10.1 Å². The molecule has 6 heteroatoms. The van der Waals surface area contributed by atoms with E-state index >= 15 is 0 Å². The van der Waals surface area contributed by atoms with Gasteiger partial charge in [0, 0.05) is 29.4 Å². The molecule has 0 aliphatic carbocycles. The monoisotopic (exact) mass is 308 g/mol.